The predicted octanol–water partition coefficient (Wildman–Crippen LogP) is 2.66. The maximum absolute atomic E-state index is 12.3. The van der Waals surface area contributed by atoms with Crippen LogP contribution in [0, 0.1) is 0 Å². The van der Waals surface area contributed by atoms with Crippen LogP contribution in [-0.4, -0.2) is 26.3 Å². The number of alkyl halides is 3. The van der Waals surface area contributed by atoms with Gasteiger partial charge in [-0.1, -0.05) is 25.2 Å². The first kappa shape index (κ1) is 14.4. The number of carbonyl (C=O) groups excluding carboxylic acids is 1. The van der Waals surface area contributed by atoms with Gasteiger partial charge in [0.05, 0.1) is 0 Å². The Hall–Kier alpha value is -1.97. The van der Waals surface area contributed by atoms with E-state index in [2.05, 4.69) is 25.7 Å². The number of nitrogens with one attached hydrogen (secondary N) is 2. The molecule has 0 atom stereocenters. The number of rotatable bonds is 3. The van der Waals surface area contributed by atoms with Crippen molar-refractivity contribution in [3.63, 3.8) is 0 Å². The quantitative estimate of drug-likeness (QED) is 0.913. The van der Waals surface area contributed by atoms with Gasteiger partial charge in [-0.2, -0.15) is 18.3 Å². The third-order valence-electron chi connectivity index (χ3n) is 2.34. The summed E-state index contributed by atoms with van der Waals surface area (Å²) in [6.45, 7) is 3.82. The van der Waals surface area contributed by atoms with Gasteiger partial charge in [0.2, 0.25) is 10.1 Å². The Morgan fingerprint density at radius 1 is 1.40 bits per heavy atom. The van der Waals surface area contributed by atoms with E-state index in [9.17, 15) is 18.0 Å². The molecular formula is C10H10F3N5OS. The fourth-order valence-electron chi connectivity index (χ4n) is 1.30. The summed E-state index contributed by atoms with van der Waals surface area (Å²) in [5, 5.41) is 13.6. The minimum Gasteiger partial charge on any atom is -0.295 e. The summed E-state index contributed by atoms with van der Waals surface area (Å²) < 4.78 is 37.0. The molecule has 2 heterocycles. The van der Waals surface area contributed by atoms with Crippen LogP contribution in [0.1, 0.15) is 41.0 Å². The molecule has 6 nitrogen and oxygen atoms in total. The second-order valence-electron chi connectivity index (χ2n) is 4.23. The molecule has 0 radical (unpaired) electrons. The average Bonchev–Trinajstić information content (AvgIpc) is 2.95. The Morgan fingerprint density at radius 2 is 2.10 bits per heavy atom. The SMILES string of the molecule is CC(C)c1cc(C(=O)Nc2nnc(C(F)(F)F)s2)n[nH]1. The summed E-state index contributed by atoms with van der Waals surface area (Å²) in [7, 11) is 0. The van der Waals surface area contributed by atoms with E-state index in [0.29, 0.717) is 0 Å². The number of anilines is 1. The van der Waals surface area contributed by atoms with Gasteiger partial charge in [0.1, 0.15) is 0 Å². The number of nitrogens with zero attached hydrogens (tertiary/aromatic N) is 3. The second kappa shape index (κ2) is 5.19. The zero-order valence-corrected chi connectivity index (χ0v) is 11.3. The van der Waals surface area contributed by atoms with E-state index in [1.165, 1.54) is 6.07 Å². The van der Waals surface area contributed by atoms with Crippen molar-refractivity contribution in [3.8, 4) is 0 Å². The van der Waals surface area contributed by atoms with Crippen LogP contribution in [0.25, 0.3) is 0 Å². The van der Waals surface area contributed by atoms with Gasteiger partial charge in [-0.15, -0.1) is 10.2 Å². The molecule has 0 saturated carbocycles. The topological polar surface area (TPSA) is 83.6 Å². The van der Waals surface area contributed by atoms with Gasteiger partial charge in [-0.3, -0.25) is 15.2 Å². The van der Waals surface area contributed by atoms with Crippen molar-refractivity contribution in [2.45, 2.75) is 25.9 Å². The molecule has 1 amide bonds. The molecule has 0 aliphatic heterocycles. The highest BCUT2D eigenvalue weighted by Gasteiger charge is 2.35. The van der Waals surface area contributed by atoms with Gasteiger partial charge < -0.3 is 0 Å². The minimum atomic E-state index is -4.57. The lowest BCUT2D eigenvalue weighted by atomic mass is 10.1. The Kier molecular flexibility index (Phi) is 3.75. The summed E-state index contributed by atoms with van der Waals surface area (Å²) in [6, 6.07) is 1.53. The molecule has 2 rings (SSSR count). The Labute approximate surface area is 115 Å². The zero-order valence-electron chi connectivity index (χ0n) is 10.4. The molecule has 0 bridgehead atoms. The lowest BCUT2D eigenvalue weighted by molar-refractivity contribution is -0.138. The van der Waals surface area contributed by atoms with Crippen molar-refractivity contribution >= 4 is 22.4 Å². The van der Waals surface area contributed by atoms with E-state index in [1.54, 1.807) is 0 Å². The molecule has 0 spiro atoms. The molecule has 2 N–H and O–H groups in total. The number of halogens is 3. The monoisotopic (exact) mass is 305 g/mol. The number of aromatic amines is 1. The van der Waals surface area contributed by atoms with Crippen LogP contribution in [0.2, 0.25) is 0 Å². The van der Waals surface area contributed by atoms with Gasteiger partial charge in [-0.25, -0.2) is 0 Å². The van der Waals surface area contributed by atoms with Gasteiger partial charge in [0.15, 0.2) is 5.69 Å². The number of H-pyrrole nitrogens is 1. The molecule has 10 heteroatoms. The van der Waals surface area contributed by atoms with Crippen LogP contribution in [0.4, 0.5) is 18.3 Å². The molecule has 0 aliphatic rings. The van der Waals surface area contributed by atoms with Crippen LogP contribution >= 0.6 is 11.3 Å². The van der Waals surface area contributed by atoms with Crippen LogP contribution in [0.5, 0.6) is 0 Å². The van der Waals surface area contributed by atoms with Gasteiger partial charge >= 0.3 is 6.18 Å². The fourth-order valence-corrected chi connectivity index (χ4v) is 1.90. The third-order valence-corrected chi connectivity index (χ3v) is 3.22. The van der Waals surface area contributed by atoms with Crippen molar-refractivity contribution in [3.05, 3.63) is 22.5 Å². The first-order valence-corrected chi connectivity index (χ1v) is 6.36. The molecule has 108 valence electrons. The van der Waals surface area contributed by atoms with Crippen molar-refractivity contribution in [2.24, 2.45) is 0 Å². The summed E-state index contributed by atoms with van der Waals surface area (Å²) in [4.78, 5) is 11.8. The van der Waals surface area contributed by atoms with E-state index < -0.39 is 17.1 Å². The predicted molar refractivity (Wildman–Crippen MR) is 65.5 cm³/mol. The minimum absolute atomic E-state index is 0.0810. The zero-order chi connectivity index (χ0) is 14.9. The number of aromatic nitrogens is 4. The van der Waals surface area contributed by atoms with Crippen LogP contribution in [0.3, 0.4) is 0 Å². The second-order valence-corrected chi connectivity index (χ2v) is 5.20. The van der Waals surface area contributed by atoms with Crippen molar-refractivity contribution in [1.82, 2.24) is 20.4 Å². The maximum atomic E-state index is 12.3. The summed E-state index contributed by atoms with van der Waals surface area (Å²) >= 11 is 0.259. The van der Waals surface area contributed by atoms with E-state index in [4.69, 9.17) is 0 Å². The highest BCUT2D eigenvalue weighted by Crippen LogP contribution is 2.33. The van der Waals surface area contributed by atoms with Gasteiger partial charge in [0.25, 0.3) is 5.91 Å². The van der Waals surface area contributed by atoms with Crippen molar-refractivity contribution in [2.75, 3.05) is 5.32 Å². The highest BCUT2D eigenvalue weighted by atomic mass is 32.1. The number of hydrogen-bond acceptors (Lipinski definition) is 5. The van der Waals surface area contributed by atoms with E-state index in [1.807, 2.05) is 13.8 Å². The average molecular weight is 305 g/mol. The highest BCUT2D eigenvalue weighted by molar-refractivity contribution is 7.15. The first-order valence-electron chi connectivity index (χ1n) is 5.54. The van der Waals surface area contributed by atoms with Gasteiger partial charge in [0, 0.05) is 5.69 Å². The van der Waals surface area contributed by atoms with Crippen molar-refractivity contribution < 1.29 is 18.0 Å². The Morgan fingerprint density at radius 3 is 2.60 bits per heavy atom. The normalized spacial score (nSPS) is 11.9. The molecule has 2 aromatic heterocycles. The maximum Gasteiger partial charge on any atom is 0.445 e. The number of carbonyl (C=O) groups is 1. The lowest BCUT2D eigenvalue weighted by Gasteiger charge is -1.98. The summed E-state index contributed by atoms with van der Waals surface area (Å²) in [5.41, 5.74) is 0.834. The smallest absolute Gasteiger partial charge is 0.295 e. The number of amides is 1. The molecule has 2 aromatic rings. The van der Waals surface area contributed by atoms with E-state index in [0.717, 1.165) is 5.69 Å². The molecule has 0 aliphatic carbocycles. The van der Waals surface area contributed by atoms with Crippen LogP contribution in [0.15, 0.2) is 6.07 Å². The van der Waals surface area contributed by atoms with Crippen LogP contribution < -0.4 is 5.32 Å². The Balaban J connectivity index is 2.09. The fraction of sp³-hybridized carbons (Fsp3) is 0.400. The third kappa shape index (κ3) is 3.13. The molecule has 0 unspecified atom stereocenters. The Bertz CT molecular complexity index is 618. The molecule has 20 heavy (non-hydrogen) atoms. The molecule has 0 saturated heterocycles. The summed E-state index contributed by atoms with van der Waals surface area (Å²) in [6.07, 6.45) is -4.57. The summed E-state index contributed by atoms with van der Waals surface area (Å²) in [5.74, 6) is -0.486. The van der Waals surface area contributed by atoms with Crippen molar-refractivity contribution in [1.29, 1.82) is 0 Å². The molecular weight excluding hydrogens is 295 g/mol. The van der Waals surface area contributed by atoms with E-state index >= 15 is 0 Å². The lowest BCUT2D eigenvalue weighted by Crippen LogP contribution is -2.12. The van der Waals surface area contributed by atoms with Gasteiger partial charge in [-0.05, 0) is 12.0 Å². The first-order chi connectivity index (χ1) is 9.27. The molecule has 0 aromatic carbocycles. The number of hydrogen-bond donors (Lipinski definition) is 2. The van der Waals surface area contributed by atoms with E-state index in [-0.39, 0.29) is 28.1 Å². The standard InChI is InChI=1S/C10H10F3N5OS/c1-4(2)5-3-6(16-15-5)7(19)14-9-18-17-8(20-9)10(11,12)13/h3-4H,1-2H3,(H,15,16)(H,14,18,19). The molecule has 0 fully saturated rings. The largest absolute Gasteiger partial charge is 0.445 e. The van der Waals surface area contributed by atoms with Crippen LogP contribution in [-0.2, 0) is 6.18 Å².